The van der Waals surface area contributed by atoms with E-state index < -0.39 is 0 Å². The van der Waals surface area contributed by atoms with Gasteiger partial charge in [0.25, 0.3) is 0 Å². The molecular weight excluding hydrogens is 350 g/mol. The van der Waals surface area contributed by atoms with Gasteiger partial charge in [-0.15, -0.1) is 0 Å². The van der Waals surface area contributed by atoms with Crippen molar-refractivity contribution in [3.05, 3.63) is 64.7 Å². The lowest BCUT2D eigenvalue weighted by Gasteiger charge is -2.32. The first-order valence-corrected chi connectivity index (χ1v) is 10.3. The SMILES string of the molecule is COc1cc2c(cc1CO)CC(CC1CCN(Cc3ccccc3)CC1)C2=O. The molecule has 28 heavy (non-hydrogen) atoms. The van der Waals surface area contributed by atoms with Crippen LogP contribution in [0.1, 0.15) is 46.3 Å². The number of aliphatic hydroxyl groups is 1. The van der Waals surface area contributed by atoms with Gasteiger partial charge >= 0.3 is 0 Å². The van der Waals surface area contributed by atoms with Gasteiger partial charge in [0.1, 0.15) is 5.75 Å². The number of carbonyl (C=O) groups is 1. The smallest absolute Gasteiger partial charge is 0.166 e. The van der Waals surface area contributed by atoms with Crippen LogP contribution in [-0.2, 0) is 19.6 Å². The molecule has 0 radical (unpaired) electrons. The van der Waals surface area contributed by atoms with E-state index in [-0.39, 0.29) is 18.3 Å². The van der Waals surface area contributed by atoms with E-state index in [0.29, 0.717) is 11.7 Å². The molecule has 1 aliphatic carbocycles. The van der Waals surface area contributed by atoms with Crippen LogP contribution in [0.25, 0.3) is 0 Å². The first kappa shape index (κ1) is 19.2. The van der Waals surface area contributed by atoms with Gasteiger partial charge in [-0.05, 0) is 68.0 Å². The first-order valence-electron chi connectivity index (χ1n) is 10.3. The van der Waals surface area contributed by atoms with Crippen molar-refractivity contribution in [3.63, 3.8) is 0 Å². The number of likely N-dealkylation sites (tertiary alicyclic amines) is 1. The number of aliphatic hydroxyl groups excluding tert-OH is 1. The predicted molar refractivity (Wildman–Crippen MR) is 110 cm³/mol. The van der Waals surface area contributed by atoms with E-state index in [4.69, 9.17) is 4.74 Å². The lowest BCUT2D eigenvalue weighted by molar-refractivity contribution is 0.0895. The summed E-state index contributed by atoms with van der Waals surface area (Å²) < 4.78 is 5.34. The van der Waals surface area contributed by atoms with Crippen molar-refractivity contribution in [2.75, 3.05) is 20.2 Å². The fourth-order valence-corrected chi connectivity index (χ4v) is 4.78. The molecule has 4 heteroatoms. The van der Waals surface area contributed by atoms with Gasteiger partial charge in [-0.2, -0.15) is 0 Å². The maximum atomic E-state index is 12.9. The van der Waals surface area contributed by atoms with Crippen LogP contribution in [0.3, 0.4) is 0 Å². The Morgan fingerprint density at radius 3 is 2.57 bits per heavy atom. The van der Waals surface area contributed by atoms with Crippen LogP contribution < -0.4 is 4.74 Å². The summed E-state index contributed by atoms with van der Waals surface area (Å²) in [5.41, 5.74) is 4.00. The second kappa shape index (κ2) is 8.46. The molecule has 0 bridgehead atoms. The van der Waals surface area contributed by atoms with E-state index in [1.807, 2.05) is 12.1 Å². The Hall–Kier alpha value is -2.17. The summed E-state index contributed by atoms with van der Waals surface area (Å²) in [6, 6.07) is 14.4. The first-order chi connectivity index (χ1) is 13.7. The fourth-order valence-electron chi connectivity index (χ4n) is 4.78. The monoisotopic (exact) mass is 379 g/mol. The Bertz CT molecular complexity index is 825. The molecular formula is C24H29NO3. The van der Waals surface area contributed by atoms with Crippen LogP contribution in [0.4, 0.5) is 0 Å². The molecule has 2 aliphatic rings. The zero-order chi connectivity index (χ0) is 19.5. The number of ether oxygens (including phenoxy) is 1. The molecule has 1 aliphatic heterocycles. The zero-order valence-corrected chi connectivity index (χ0v) is 16.6. The van der Waals surface area contributed by atoms with Gasteiger partial charge in [0.05, 0.1) is 13.7 Å². The molecule has 1 saturated heterocycles. The highest BCUT2D eigenvalue weighted by molar-refractivity contribution is 6.02. The lowest BCUT2D eigenvalue weighted by Crippen LogP contribution is -2.34. The van der Waals surface area contributed by atoms with Gasteiger partial charge in [-0.25, -0.2) is 0 Å². The number of nitrogens with zero attached hydrogens (tertiary/aromatic N) is 1. The summed E-state index contributed by atoms with van der Waals surface area (Å²) in [5.74, 6) is 1.57. The molecule has 4 nitrogen and oxygen atoms in total. The van der Waals surface area contributed by atoms with Crippen LogP contribution in [0, 0.1) is 11.8 Å². The minimum atomic E-state index is -0.0603. The maximum absolute atomic E-state index is 12.9. The van der Waals surface area contributed by atoms with Gasteiger partial charge in [-0.1, -0.05) is 30.3 Å². The number of benzene rings is 2. The topological polar surface area (TPSA) is 49.8 Å². The summed E-state index contributed by atoms with van der Waals surface area (Å²) in [6.07, 6.45) is 4.11. The molecule has 1 N–H and O–H groups in total. The van der Waals surface area contributed by atoms with E-state index in [9.17, 15) is 9.90 Å². The van der Waals surface area contributed by atoms with E-state index in [0.717, 1.165) is 62.0 Å². The van der Waals surface area contributed by atoms with Crippen LogP contribution in [0.5, 0.6) is 5.75 Å². The number of hydrogen-bond acceptors (Lipinski definition) is 4. The van der Waals surface area contributed by atoms with E-state index in [1.165, 1.54) is 5.56 Å². The van der Waals surface area contributed by atoms with E-state index in [1.54, 1.807) is 7.11 Å². The van der Waals surface area contributed by atoms with E-state index >= 15 is 0 Å². The minimum Gasteiger partial charge on any atom is -0.496 e. The third kappa shape index (κ3) is 3.98. The van der Waals surface area contributed by atoms with Crippen molar-refractivity contribution in [1.29, 1.82) is 0 Å². The van der Waals surface area contributed by atoms with Crippen LogP contribution in [0.2, 0.25) is 0 Å². The second-order valence-electron chi connectivity index (χ2n) is 8.19. The number of carbonyl (C=O) groups excluding carboxylic acids is 1. The standard InChI is InChI=1S/C24H29NO3/c1-28-23-14-22-19(13-21(23)16-26)12-20(24(22)27)11-17-7-9-25(10-8-17)15-18-5-3-2-4-6-18/h2-6,13-14,17,20,26H,7-12,15-16H2,1H3. The molecule has 1 atom stereocenters. The molecule has 4 rings (SSSR count). The zero-order valence-electron chi connectivity index (χ0n) is 16.6. The normalized spacial score (nSPS) is 20.4. The molecule has 0 saturated carbocycles. The van der Waals surface area contributed by atoms with Crippen molar-refractivity contribution in [1.82, 2.24) is 4.90 Å². The number of ketones is 1. The fraction of sp³-hybridized carbons (Fsp3) is 0.458. The average molecular weight is 380 g/mol. The average Bonchev–Trinajstić information content (AvgIpc) is 3.03. The van der Waals surface area contributed by atoms with Crippen LogP contribution in [0.15, 0.2) is 42.5 Å². The quantitative estimate of drug-likeness (QED) is 0.828. The summed E-state index contributed by atoms with van der Waals surface area (Å²) in [5, 5.41) is 9.53. The molecule has 0 amide bonds. The Morgan fingerprint density at radius 1 is 1.14 bits per heavy atom. The molecule has 1 fully saturated rings. The molecule has 0 spiro atoms. The van der Waals surface area contributed by atoms with Gasteiger partial charge in [-0.3, -0.25) is 9.69 Å². The number of hydrogen-bond donors (Lipinski definition) is 1. The second-order valence-corrected chi connectivity index (χ2v) is 8.19. The number of fused-ring (bicyclic) bond motifs is 1. The van der Waals surface area contributed by atoms with Gasteiger partial charge < -0.3 is 9.84 Å². The lowest BCUT2D eigenvalue weighted by atomic mass is 9.85. The highest BCUT2D eigenvalue weighted by Gasteiger charge is 2.34. The van der Waals surface area contributed by atoms with Gasteiger partial charge in [0, 0.05) is 23.6 Å². The van der Waals surface area contributed by atoms with Crippen LogP contribution >= 0.6 is 0 Å². The predicted octanol–water partition coefficient (Wildman–Crippen LogP) is 3.84. The van der Waals surface area contributed by atoms with Crippen molar-refractivity contribution in [2.24, 2.45) is 11.8 Å². The molecule has 2 aromatic rings. The Balaban J connectivity index is 1.34. The van der Waals surface area contributed by atoms with Crippen LogP contribution in [-0.4, -0.2) is 36.0 Å². The van der Waals surface area contributed by atoms with E-state index in [2.05, 4.69) is 35.2 Å². The number of rotatable bonds is 6. The molecule has 1 unspecified atom stereocenters. The molecule has 0 aromatic heterocycles. The third-order valence-corrected chi connectivity index (χ3v) is 6.35. The highest BCUT2D eigenvalue weighted by atomic mass is 16.5. The third-order valence-electron chi connectivity index (χ3n) is 6.35. The van der Waals surface area contributed by atoms with Crippen molar-refractivity contribution in [3.8, 4) is 5.75 Å². The Kier molecular flexibility index (Phi) is 5.79. The summed E-state index contributed by atoms with van der Waals surface area (Å²) in [6.45, 7) is 3.17. The van der Waals surface area contributed by atoms with Gasteiger partial charge in [0.15, 0.2) is 5.78 Å². The van der Waals surface area contributed by atoms with Crippen molar-refractivity contribution >= 4 is 5.78 Å². The number of Topliss-reactive ketones (excluding diaryl/α,β-unsaturated/α-hetero) is 1. The molecule has 2 aromatic carbocycles. The highest BCUT2D eigenvalue weighted by Crippen LogP contribution is 2.37. The number of piperidine rings is 1. The summed E-state index contributed by atoms with van der Waals surface area (Å²) >= 11 is 0. The van der Waals surface area contributed by atoms with Crippen molar-refractivity contribution < 1.29 is 14.6 Å². The summed E-state index contributed by atoms with van der Waals surface area (Å²) in [4.78, 5) is 15.4. The van der Waals surface area contributed by atoms with Crippen molar-refractivity contribution in [2.45, 2.75) is 38.8 Å². The maximum Gasteiger partial charge on any atom is 0.166 e. The largest absolute Gasteiger partial charge is 0.496 e. The Labute approximate surface area is 167 Å². The Morgan fingerprint density at radius 2 is 1.89 bits per heavy atom. The molecule has 1 heterocycles. The molecule has 148 valence electrons. The number of methoxy groups -OCH3 is 1. The van der Waals surface area contributed by atoms with Gasteiger partial charge in [0.2, 0.25) is 0 Å². The minimum absolute atomic E-state index is 0.0603. The summed E-state index contributed by atoms with van der Waals surface area (Å²) in [7, 11) is 1.58.